The molecule has 43 heavy (non-hydrogen) atoms. The van der Waals surface area contributed by atoms with Gasteiger partial charge in [0.2, 0.25) is 0 Å². The average molecular weight is 580 g/mol. The summed E-state index contributed by atoms with van der Waals surface area (Å²) in [6.07, 6.45) is 0.285. The summed E-state index contributed by atoms with van der Waals surface area (Å²) in [4.78, 5) is 35.5. The van der Waals surface area contributed by atoms with E-state index in [2.05, 4.69) is 0 Å². The molecular formula is C34H29NO8. The summed E-state index contributed by atoms with van der Waals surface area (Å²) < 4.78 is 22.0. The molecule has 3 N–H and O–H groups in total. The quantitative estimate of drug-likeness (QED) is 0.112. The van der Waals surface area contributed by atoms with Crippen LogP contribution in [0.15, 0.2) is 112 Å². The van der Waals surface area contributed by atoms with Crippen LogP contribution in [0.4, 0.5) is 5.69 Å². The van der Waals surface area contributed by atoms with Gasteiger partial charge in [-0.3, -0.25) is 0 Å². The number of carbonyl (C=O) groups excluding carboxylic acids is 2. The number of phenols is 1. The van der Waals surface area contributed by atoms with E-state index in [-0.39, 0.29) is 23.4 Å². The summed E-state index contributed by atoms with van der Waals surface area (Å²) in [5.74, 6) is -0.111. The highest BCUT2D eigenvalue weighted by molar-refractivity contribution is 5.94. The van der Waals surface area contributed by atoms with Crippen molar-refractivity contribution < 1.29 is 33.3 Å². The van der Waals surface area contributed by atoms with Crippen molar-refractivity contribution in [3.63, 3.8) is 0 Å². The molecule has 4 aromatic carbocycles. The fourth-order valence-corrected chi connectivity index (χ4v) is 4.51. The Balaban J connectivity index is 0.000000188. The van der Waals surface area contributed by atoms with Crippen molar-refractivity contribution in [1.29, 1.82) is 0 Å². The largest absolute Gasteiger partial charge is 0.507 e. The molecule has 2 heterocycles. The van der Waals surface area contributed by atoms with Crippen molar-refractivity contribution in [3.8, 4) is 17.2 Å². The van der Waals surface area contributed by atoms with Crippen molar-refractivity contribution in [2.75, 3.05) is 5.73 Å². The lowest BCUT2D eigenvalue weighted by molar-refractivity contribution is -0.0517. The van der Waals surface area contributed by atoms with Crippen LogP contribution in [0.2, 0.25) is 0 Å². The molecule has 1 aromatic heterocycles. The molecule has 0 amide bonds. The monoisotopic (exact) mass is 579 g/mol. The molecule has 9 heteroatoms. The van der Waals surface area contributed by atoms with E-state index in [0.717, 1.165) is 10.9 Å². The summed E-state index contributed by atoms with van der Waals surface area (Å²) >= 11 is 0. The third kappa shape index (κ3) is 6.84. The minimum Gasteiger partial charge on any atom is -0.507 e. The molecule has 0 saturated carbocycles. The van der Waals surface area contributed by atoms with Gasteiger partial charge in [0.1, 0.15) is 40.1 Å². The van der Waals surface area contributed by atoms with Gasteiger partial charge in [-0.25, -0.2) is 14.4 Å². The lowest BCUT2D eigenvalue weighted by atomic mass is 9.96. The van der Waals surface area contributed by atoms with Crippen molar-refractivity contribution in [2.45, 2.75) is 32.0 Å². The van der Waals surface area contributed by atoms with Gasteiger partial charge in [0, 0.05) is 35.7 Å². The van der Waals surface area contributed by atoms with E-state index in [9.17, 15) is 19.5 Å². The molecule has 1 aliphatic heterocycles. The number of nitrogens with two attached hydrogens (primary N) is 1. The molecule has 218 valence electrons. The first-order valence-corrected chi connectivity index (χ1v) is 13.5. The van der Waals surface area contributed by atoms with E-state index in [0.29, 0.717) is 34.8 Å². The summed E-state index contributed by atoms with van der Waals surface area (Å²) in [7, 11) is 0. The SMILES string of the molecule is CC(C)(OC(=O)c1ccccc1)C1Cc2cc3ccc(=O)oc3cc2O1.Nc1ccc(C(=O)Oc2ccccc2)c(O)c1. The number of hydrogen-bond acceptors (Lipinski definition) is 9. The Kier molecular flexibility index (Phi) is 8.16. The van der Waals surface area contributed by atoms with Gasteiger partial charge in [0.25, 0.3) is 0 Å². The number of esters is 2. The fraction of sp³-hybridized carbons (Fsp3) is 0.147. The number of nitrogen functional groups attached to an aromatic ring is 1. The Morgan fingerprint density at radius 2 is 1.58 bits per heavy atom. The number of ether oxygens (including phenoxy) is 3. The minimum atomic E-state index is -0.820. The Bertz CT molecular complexity index is 1830. The summed E-state index contributed by atoms with van der Waals surface area (Å²) in [6.45, 7) is 3.68. The molecular weight excluding hydrogens is 550 g/mol. The van der Waals surface area contributed by atoms with E-state index in [1.54, 1.807) is 60.7 Å². The van der Waals surface area contributed by atoms with Gasteiger partial charge in [-0.15, -0.1) is 0 Å². The zero-order valence-electron chi connectivity index (χ0n) is 23.5. The van der Waals surface area contributed by atoms with Gasteiger partial charge in [-0.2, -0.15) is 0 Å². The maximum Gasteiger partial charge on any atom is 0.347 e. The highest BCUT2D eigenvalue weighted by atomic mass is 16.6. The Labute approximate surface area is 247 Å². The summed E-state index contributed by atoms with van der Waals surface area (Å²) in [5.41, 5.74) is 6.71. The molecule has 0 spiro atoms. The molecule has 1 atom stereocenters. The van der Waals surface area contributed by atoms with E-state index in [1.807, 2.05) is 32.0 Å². The second kappa shape index (κ2) is 12.1. The molecule has 1 aliphatic rings. The van der Waals surface area contributed by atoms with Crippen LogP contribution in [-0.4, -0.2) is 28.8 Å². The maximum atomic E-state index is 12.4. The minimum absolute atomic E-state index is 0.0862. The number of phenolic OH excluding ortho intramolecular Hbond substituents is 1. The van der Waals surface area contributed by atoms with Crippen LogP contribution in [0.1, 0.15) is 40.1 Å². The average Bonchev–Trinajstić information content (AvgIpc) is 3.41. The Morgan fingerprint density at radius 1 is 0.884 bits per heavy atom. The van der Waals surface area contributed by atoms with Gasteiger partial charge in [-0.05, 0) is 67.9 Å². The molecule has 1 unspecified atom stereocenters. The molecule has 0 bridgehead atoms. The molecule has 0 fully saturated rings. The van der Waals surface area contributed by atoms with Gasteiger partial charge >= 0.3 is 17.6 Å². The van der Waals surface area contributed by atoms with Crippen LogP contribution in [0.3, 0.4) is 0 Å². The number of aromatic hydroxyl groups is 1. The Hall–Kier alpha value is -5.57. The zero-order chi connectivity index (χ0) is 30.6. The number of hydrogen-bond donors (Lipinski definition) is 2. The summed E-state index contributed by atoms with van der Waals surface area (Å²) in [5, 5.41) is 10.4. The summed E-state index contributed by atoms with van der Waals surface area (Å²) in [6, 6.07) is 28.6. The number of fused-ring (bicyclic) bond motifs is 2. The lowest BCUT2D eigenvalue weighted by Crippen LogP contribution is -2.43. The number of benzene rings is 4. The van der Waals surface area contributed by atoms with Gasteiger partial charge in [0.15, 0.2) is 0 Å². The smallest absolute Gasteiger partial charge is 0.347 e. The van der Waals surface area contributed by atoms with Crippen molar-refractivity contribution in [3.05, 3.63) is 130 Å². The van der Waals surface area contributed by atoms with Gasteiger partial charge in [0.05, 0.1) is 5.56 Å². The second-order valence-corrected chi connectivity index (χ2v) is 10.4. The molecule has 9 nitrogen and oxygen atoms in total. The number of para-hydroxylation sites is 1. The third-order valence-corrected chi connectivity index (χ3v) is 6.81. The van der Waals surface area contributed by atoms with Crippen molar-refractivity contribution in [1.82, 2.24) is 0 Å². The predicted molar refractivity (Wildman–Crippen MR) is 160 cm³/mol. The van der Waals surface area contributed by atoms with E-state index >= 15 is 0 Å². The topological polar surface area (TPSA) is 138 Å². The highest BCUT2D eigenvalue weighted by Gasteiger charge is 2.40. The first-order chi connectivity index (χ1) is 20.6. The van der Waals surface area contributed by atoms with E-state index in [1.165, 1.54) is 24.3 Å². The van der Waals surface area contributed by atoms with Crippen LogP contribution >= 0.6 is 0 Å². The third-order valence-electron chi connectivity index (χ3n) is 6.81. The standard InChI is InChI=1S/C21H18O5.C13H11NO3/c1-21(2,26-20(23)13-6-4-3-5-7-13)18-11-15-10-14-8-9-19(22)25-16(14)12-17(15)24-18;14-9-6-7-11(12(15)8-9)13(16)17-10-4-2-1-3-5-10/h3-10,12,18H,11H2,1-2H3;1-8,15H,14H2. The number of carbonyl (C=O) groups is 2. The van der Waals surface area contributed by atoms with Crippen LogP contribution < -0.4 is 20.8 Å². The van der Waals surface area contributed by atoms with Crippen molar-refractivity contribution >= 4 is 28.6 Å². The first-order valence-electron chi connectivity index (χ1n) is 13.5. The number of anilines is 1. The molecule has 0 saturated heterocycles. The van der Waals surface area contributed by atoms with Crippen LogP contribution in [-0.2, 0) is 11.2 Å². The van der Waals surface area contributed by atoms with Crippen molar-refractivity contribution in [2.24, 2.45) is 0 Å². The lowest BCUT2D eigenvalue weighted by Gasteiger charge is -2.30. The van der Waals surface area contributed by atoms with Crippen LogP contribution in [0.5, 0.6) is 17.2 Å². The van der Waals surface area contributed by atoms with E-state index in [4.69, 9.17) is 24.4 Å². The van der Waals surface area contributed by atoms with Crippen LogP contribution in [0.25, 0.3) is 11.0 Å². The molecule has 6 rings (SSSR count). The molecule has 0 radical (unpaired) electrons. The maximum absolute atomic E-state index is 12.4. The van der Waals surface area contributed by atoms with E-state index < -0.39 is 17.2 Å². The highest BCUT2D eigenvalue weighted by Crippen LogP contribution is 2.37. The second-order valence-electron chi connectivity index (χ2n) is 10.4. The Morgan fingerprint density at radius 3 is 2.28 bits per heavy atom. The van der Waals surface area contributed by atoms with Gasteiger partial charge in [-0.1, -0.05) is 36.4 Å². The number of rotatable bonds is 5. The fourth-order valence-electron chi connectivity index (χ4n) is 4.51. The zero-order valence-corrected chi connectivity index (χ0v) is 23.5. The normalized spacial score (nSPS) is 13.7. The molecule has 5 aromatic rings. The van der Waals surface area contributed by atoms with Crippen LogP contribution in [0, 0.1) is 0 Å². The molecule has 0 aliphatic carbocycles. The predicted octanol–water partition coefficient (Wildman–Crippen LogP) is 5.93. The first kappa shape index (κ1) is 28.9. The van der Waals surface area contributed by atoms with Gasteiger partial charge < -0.3 is 29.5 Å².